The van der Waals surface area contributed by atoms with E-state index in [1.165, 1.54) is 49.4 Å². The molecular weight excluding hydrogens is 606 g/mol. The first-order valence-corrected chi connectivity index (χ1v) is 9.10. The number of carboxylic acid groups (broad SMARTS) is 1. The molecule has 0 aliphatic carbocycles. The Kier molecular flexibility index (Phi) is 7.11. The number of benzene rings is 1. The summed E-state index contributed by atoms with van der Waals surface area (Å²) in [5, 5.41) is 8.24. The standard InChI is InChI=1S/C15H12F4I2O6/c1-13(2,3)27-10(22)7-4-6(20)5-8(21)9(7)26-12(25)15(18,19)14(16,17)11(23)24/h4-5H,1-3H3,(H,23,24). The van der Waals surface area contributed by atoms with Gasteiger partial charge in [0.1, 0.15) is 11.2 Å². The van der Waals surface area contributed by atoms with Crippen LogP contribution in [0.25, 0.3) is 0 Å². The lowest BCUT2D eigenvalue weighted by molar-refractivity contribution is -0.229. The summed E-state index contributed by atoms with van der Waals surface area (Å²) in [5.41, 5.74) is -1.44. The molecule has 1 N–H and O–H groups in total. The molecule has 0 aliphatic rings. The molecule has 0 radical (unpaired) electrons. The van der Waals surface area contributed by atoms with Gasteiger partial charge in [-0.25, -0.2) is 14.4 Å². The number of halogens is 6. The normalized spacial score (nSPS) is 12.5. The maximum Gasteiger partial charge on any atom is 0.416 e. The third kappa shape index (κ3) is 5.42. The fraction of sp³-hybridized carbons (Fsp3) is 0.400. The number of esters is 2. The summed E-state index contributed by atoms with van der Waals surface area (Å²) >= 11 is 3.33. The van der Waals surface area contributed by atoms with Crippen molar-refractivity contribution < 1.29 is 46.5 Å². The molecule has 27 heavy (non-hydrogen) atoms. The number of hydrogen-bond donors (Lipinski definition) is 1. The Morgan fingerprint density at radius 3 is 1.96 bits per heavy atom. The lowest BCUT2D eigenvalue weighted by Gasteiger charge is -2.23. The molecule has 0 aliphatic heterocycles. The molecule has 0 heterocycles. The van der Waals surface area contributed by atoms with Crippen LogP contribution < -0.4 is 4.74 Å². The van der Waals surface area contributed by atoms with Gasteiger partial charge in [0.2, 0.25) is 0 Å². The number of carbonyl (C=O) groups excluding carboxylic acids is 2. The van der Waals surface area contributed by atoms with Gasteiger partial charge in [0.15, 0.2) is 5.75 Å². The predicted molar refractivity (Wildman–Crippen MR) is 100 cm³/mol. The summed E-state index contributed by atoms with van der Waals surface area (Å²) in [6.07, 6.45) is 0. The van der Waals surface area contributed by atoms with E-state index in [2.05, 4.69) is 4.74 Å². The third-order valence-corrected chi connectivity index (χ3v) is 4.17. The van der Waals surface area contributed by atoms with Crippen molar-refractivity contribution >= 4 is 63.1 Å². The van der Waals surface area contributed by atoms with Crippen LogP contribution >= 0.6 is 45.2 Å². The van der Waals surface area contributed by atoms with Crippen molar-refractivity contribution in [1.82, 2.24) is 0 Å². The van der Waals surface area contributed by atoms with Crippen LogP contribution in [-0.4, -0.2) is 40.5 Å². The van der Waals surface area contributed by atoms with Gasteiger partial charge in [-0.3, -0.25) is 0 Å². The Balaban J connectivity index is 3.37. The summed E-state index contributed by atoms with van der Waals surface area (Å²) < 4.78 is 63.4. The van der Waals surface area contributed by atoms with Crippen molar-refractivity contribution in [2.24, 2.45) is 0 Å². The lowest BCUT2D eigenvalue weighted by Crippen LogP contribution is -2.54. The van der Waals surface area contributed by atoms with E-state index in [4.69, 9.17) is 9.84 Å². The van der Waals surface area contributed by atoms with Crippen LogP contribution in [0.4, 0.5) is 17.6 Å². The third-order valence-electron chi connectivity index (χ3n) is 2.74. The largest absolute Gasteiger partial charge is 0.477 e. The summed E-state index contributed by atoms with van der Waals surface area (Å²) in [4.78, 5) is 34.2. The minimum atomic E-state index is -5.70. The monoisotopic (exact) mass is 618 g/mol. The Morgan fingerprint density at radius 1 is 1.00 bits per heavy atom. The topological polar surface area (TPSA) is 89.9 Å². The first-order valence-electron chi connectivity index (χ1n) is 6.94. The van der Waals surface area contributed by atoms with Crippen molar-refractivity contribution in [3.63, 3.8) is 0 Å². The molecule has 0 saturated heterocycles. The van der Waals surface area contributed by atoms with Crippen molar-refractivity contribution in [3.8, 4) is 5.75 Å². The zero-order chi connectivity index (χ0) is 21.4. The highest BCUT2D eigenvalue weighted by Crippen LogP contribution is 2.38. The molecule has 0 aromatic heterocycles. The van der Waals surface area contributed by atoms with Crippen LogP contribution in [-0.2, 0) is 14.3 Å². The molecule has 0 amide bonds. The zero-order valence-corrected chi connectivity index (χ0v) is 18.2. The zero-order valence-electron chi connectivity index (χ0n) is 13.9. The van der Waals surface area contributed by atoms with Gasteiger partial charge in [0, 0.05) is 3.57 Å². The molecule has 1 rings (SSSR count). The highest BCUT2D eigenvalue weighted by atomic mass is 127. The molecule has 0 atom stereocenters. The molecule has 0 spiro atoms. The second-order valence-corrected chi connectivity index (χ2v) is 8.52. The van der Waals surface area contributed by atoms with E-state index in [-0.39, 0.29) is 3.57 Å². The number of rotatable bonds is 5. The van der Waals surface area contributed by atoms with Gasteiger partial charge >= 0.3 is 29.8 Å². The van der Waals surface area contributed by atoms with Crippen molar-refractivity contribution in [1.29, 1.82) is 0 Å². The van der Waals surface area contributed by atoms with Crippen LogP contribution in [0.1, 0.15) is 31.1 Å². The molecule has 0 saturated carbocycles. The second-order valence-electron chi connectivity index (χ2n) is 6.11. The fourth-order valence-electron chi connectivity index (χ4n) is 1.57. The molecule has 1 aromatic carbocycles. The van der Waals surface area contributed by atoms with Gasteiger partial charge in [-0.05, 0) is 78.1 Å². The highest BCUT2D eigenvalue weighted by molar-refractivity contribution is 14.1. The maximum atomic E-state index is 13.6. The Bertz CT molecular complexity index is 789. The minimum absolute atomic E-state index is 0.0249. The predicted octanol–water partition coefficient (Wildman–Crippen LogP) is 4.11. The van der Waals surface area contributed by atoms with Gasteiger partial charge in [-0.1, -0.05) is 0 Å². The number of ether oxygens (including phenoxy) is 2. The quantitative estimate of drug-likeness (QED) is 0.232. The summed E-state index contributed by atoms with van der Waals surface area (Å²) in [6.45, 7) is 4.57. The minimum Gasteiger partial charge on any atom is -0.477 e. The Labute approximate surface area is 177 Å². The molecule has 12 heteroatoms. The summed E-state index contributed by atoms with van der Waals surface area (Å²) in [7, 11) is 0. The summed E-state index contributed by atoms with van der Waals surface area (Å²) in [5.74, 6) is -19.2. The molecule has 0 fully saturated rings. The van der Waals surface area contributed by atoms with Gasteiger partial charge in [-0.15, -0.1) is 0 Å². The molecule has 6 nitrogen and oxygen atoms in total. The average molecular weight is 618 g/mol. The van der Waals surface area contributed by atoms with E-state index in [1.807, 2.05) is 0 Å². The van der Waals surface area contributed by atoms with Gasteiger partial charge in [-0.2, -0.15) is 17.6 Å². The second kappa shape index (κ2) is 8.05. The summed E-state index contributed by atoms with van der Waals surface area (Å²) in [6, 6.07) is 2.47. The van der Waals surface area contributed by atoms with Crippen LogP contribution in [0.2, 0.25) is 0 Å². The number of carboxylic acids is 1. The Hall–Kier alpha value is -1.19. The van der Waals surface area contributed by atoms with E-state index in [0.29, 0.717) is 3.57 Å². The van der Waals surface area contributed by atoms with E-state index in [0.717, 1.165) is 6.07 Å². The van der Waals surface area contributed by atoms with Gasteiger partial charge < -0.3 is 14.6 Å². The van der Waals surface area contributed by atoms with E-state index in [9.17, 15) is 31.9 Å². The van der Waals surface area contributed by atoms with E-state index < -0.39 is 46.7 Å². The van der Waals surface area contributed by atoms with Crippen LogP contribution in [0.3, 0.4) is 0 Å². The first kappa shape index (κ1) is 23.8. The van der Waals surface area contributed by atoms with E-state index in [1.54, 1.807) is 22.6 Å². The molecule has 0 bridgehead atoms. The maximum absolute atomic E-state index is 13.6. The van der Waals surface area contributed by atoms with Crippen LogP contribution in [0, 0.1) is 7.14 Å². The number of hydrogen-bond acceptors (Lipinski definition) is 5. The fourth-order valence-corrected chi connectivity index (χ4v) is 3.52. The number of carbonyl (C=O) groups is 3. The SMILES string of the molecule is CC(C)(C)OC(=O)c1cc(I)cc(I)c1OC(=O)C(F)(F)C(F)(F)C(=O)O. The Morgan fingerprint density at radius 2 is 1.52 bits per heavy atom. The molecule has 0 unspecified atom stereocenters. The molecule has 1 aromatic rings. The van der Waals surface area contributed by atoms with Crippen molar-refractivity contribution in [2.75, 3.05) is 0 Å². The van der Waals surface area contributed by atoms with Crippen LogP contribution in [0.15, 0.2) is 12.1 Å². The highest BCUT2D eigenvalue weighted by Gasteiger charge is 2.69. The smallest absolute Gasteiger partial charge is 0.416 e. The van der Waals surface area contributed by atoms with Crippen molar-refractivity contribution in [3.05, 3.63) is 24.8 Å². The lowest BCUT2D eigenvalue weighted by atomic mass is 10.1. The van der Waals surface area contributed by atoms with Crippen LogP contribution in [0.5, 0.6) is 5.75 Å². The van der Waals surface area contributed by atoms with Crippen molar-refractivity contribution in [2.45, 2.75) is 38.2 Å². The number of alkyl halides is 4. The molecule has 150 valence electrons. The van der Waals surface area contributed by atoms with Gasteiger partial charge in [0.05, 0.1) is 3.57 Å². The molecular formula is C15H12F4I2O6. The first-order chi connectivity index (χ1) is 12.0. The number of aliphatic carboxylic acids is 1. The van der Waals surface area contributed by atoms with E-state index >= 15 is 0 Å². The van der Waals surface area contributed by atoms with Gasteiger partial charge in [0.25, 0.3) is 0 Å². The average Bonchev–Trinajstić information content (AvgIpc) is 2.47.